The summed E-state index contributed by atoms with van der Waals surface area (Å²) in [4.78, 5) is 0. The van der Waals surface area contributed by atoms with Crippen LogP contribution < -0.4 is 10.5 Å². The SMILES string of the molecule is N#Cc1c(Cl)cccc1OC1CCCCC1CN. The Bertz CT molecular complexity index is 456. The molecule has 96 valence electrons. The zero-order valence-electron chi connectivity index (χ0n) is 10.2. The molecule has 2 rings (SSSR count). The van der Waals surface area contributed by atoms with Crippen molar-refractivity contribution < 1.29 is 4.74 Å². The van der Waals surface area contributed by atoms with E-state index in [0.29, 0.717) is 28.8 Å². The summed E-state index contributed by atoms with van der Waals surface area (Å²) in [6.45, 7) is 0.632. The molecule has 2 N–H and O–H groups in total. The summed E-state index contributed by atoms with van der Waals surface area (Å²) in [5.74, 6) is 0.958. The van der Waals surface area contributed by atoms with Crippen LogP contribution in [-0.2, 0) is 0 Å². The Balaban J connectivity index is 2.18. The van der Waals surface area contributed by atoms with Crippen LogP contribution >= 0.6 is 11.6 Å². The van der Waals surface area contributed by atoms with Crippen LogP contribution in [0.25, 0.3) is 0 Å². The molecule has 0 aromatic heterocycles. The molecule has 2 unspecified atom stereocenters. The second-order valence-electron chi connectivity index (χ2n) is 4.66. The van der Waals surface area contributed by atoms with Crippen LogP contribution in [0.5, 0.6) is 5.75 Å². The highest BCUT2D eigenvalue weighted by atomic mass is 35.5. The van der Waals surface area contributed by atoms with Gasteiger partial charge in [-0.1, -0.05) is 24.1 Å². The molecule has 1 aliphatic carbocycles. The van der Waals surface area contributed by atoms with Crippen LogP contribution in [0.4, 0.5) is 0 Å². The molecule has 0 radical (unpaired) electrons. The molecule has 3 nitrogen and oxygen atoms in total. The topological polar surface area (TPSA) is 59.0 Å². The summed E-state index contributed by atoms with van der Waals surface area (Å²) >= 11 is 5.99. The lowest BCUT2D eigenvalue weighted by atomic mass is 9.86. The van der Waals surface area contributed by atoms with E-state index in [2.05, 4.69) is 6.07 Å². The molecule has 0 spiro atoms. The van der Waals surface area contributed by atoms with E-state index in [0.717, 1.165) is 19.3 Å². The van der Waals surface area contributed by atoms with E-state index in [1.165, 1.54) is 6.42 Å². The van der Waals surface area contributed by atoms with E-state index in [-0.39, 0.29) is 6.10 Å². The summed E-state index contributed by atoms with van der Waals surface area (Å²) in [5, 5.41) is 9.55. The predicted octanol–water partition coefficient (Wildman–Crippen LogP) is 3.11. The van der Waals surface area contributed by atoms with Crippen LogP contribution in [0.15, 0.2) is 18.2 Å². The van der Waals surface area contributed by atoms with E-state index < -0.39 is 0 Å². The van der Waals surface area contributed by atoms with Gasteiger partial charge in [-0.3, -0.25) is 0 Å². The van der Waals surface area contributed by atoms with Gasteiger partial charge in [0.15, 0.2) is 0 Å². The average molecular weight is 265 g/mol. The lowest BCUT2D eigenvalue weighted by molar-refractivity contribution is 0.0967. The summed E-state index contributed by atoms with van der Waals surface area (Å²) in [7, 11) is 0. The molecule has 0 saturated heterocycles. The molecule has 1 aromatic carbocycles. The van der Waals surface area contributed by atoms with E-state index in [1.807, 2.05) is 0 Å². The van der Waals surface area contributed by atoms with Crippen LogP contribution in [0.3, 0.4) is 0 Å². The first-order valence-corrected chi connectivity index (χ1v) is 6.69. The van der Waals surface area contributed by atoms with Crippen molar-refractivity contribution in [2.75, 3.05) is 6.54 Å². The van der Waals surface area contributed by atoms with Gasteiger partial charge >= 0.3 is 0 Å². The van der Waals surface area contributed by atoms with Gasteiger partial charge in [-0.05, 0) is 37.9 Å². The van der Waals surface area contributed by atoms with Crippen molar-refractivity contribution in [2.45, 2.75) is 31.8 Å². The first-order chi connectivity index (χ1) is 8.76. The Morgan fingerprint density at radius 2 is 2.17 bits per heavy atom. The molecular weight excluding hydrogens is 248 g/mol. The Hall–Kier alpha value is -1.24. The molecule has 1 fully saturated rings. The zero-order chi connectivity index (χ0) is 13.0. The van der Waals surface area contributed by atoms with Crippen LogP contribution in [0.1, 0.15) is 31.2 Å². The van der Waals surface area contributed by atoms with Gasteiger partial charge in [0.2, 0.25) is 0 Å². The highest BCUT2D eigenvalue weighted by Gasteiger charge is 2.26. The summed E-state index contributed by atoms with van der Waals surface area (Å²) in [6.07, 6.45) is 4.57. The molecule has 18 heavy (non-hydrogen) atoms. The summed E-state index contributed by atoms with van der Waals surface area (Å²) < 4.78 is 5.97. The van der Waals surface area contributed by atoms with E-state index in [1.54, 1.807) is 18.2 Å². The van der Waals surface area contributed by atoms with Crippen LogP contribution in [-0.4, -0.2) is 12.6 Å². The van der Waals surface area contributed by atoms with Gasteiger partial charge < -0.3 is 10.5 Å². The molecular formula is C14H17ClN2O. The fourth-order valence-electron chi connectivity index (χ4n) is 2.47. The third-order valence-electron chi connectivity index (χ3n) is 3.51. The molecule has 0 heterocycles. The molecule has 1 aromatic rings. The maximum absolute atomic E-state index is 9.11. The molecule has 0 aliphatic heterocycles. The average Bonchev–Trinajstić information content (AvgIpc) is 2.40. The summed E-state index contributed by atoms with van der Waals surface area (Å²) in [5.41, 5.74) is 6.19. The highest BCUT2D eigenvalue weighted by molar-refractivity contribution is 6.31. The number of nitrogens with two attached hydrogens (primary N) is 1. The van der Waals surface area contributed by atoms with Gasteiger partial charge in [-0.25, -0.2) is 0 Å². The molecule has 1 saturated carbocycles. The minimum atomic E-state index is 0.106. The molecule has 0 amide bonds. The smallest absolute Gasteiger partial charge is 0.139 e. The fraction of sp³-hybridized carbons (Fsp3) is 0.500. The normalized spacial score (nSPS) is 23.4. The predicted molar refractivity (Wildman–Crippen MR) is 71.6 cm³/mol. The molecule has 0 bridgehead atoms. The van der Waals surface area contributed by atoms with E-state index in [4.69, 9.17) is 27.3 Å². The van der Waals surface area contributed by atoms with Crippen molar-refractivity contribution in [3.05, 3.63) is 28.8 Å². The van der Waals surface area contributed by atoms with Gasteiger partial charge in [0.25, 0.3) is 0 Å². The third-order valence-corrected chi connectivity index (χ3v) is 3.82. The molecule has 4 heteroatoms. The molecule has 2 atom stereocenters. The number of halogens is 1. The Kier molecular flexibility index (Phi) is 4.46. The summed E-state index contributed by atoms with van der Waals surface area (Å²) in [6, 6.07) is 7.40. The van der Waals surface area contributed by atoms with Crippen molar-refractivity contribution in [3.63, 3.8) is 0 Å². The van der Waals surface area contributed by atoms with Crippen molar-refractivity contribution in [2.24, 2.45) is 11.7 Å². The van der Waals surface area contributed by atoms with Gasteiger partial charge in [-0.2, -0.15) is 5.26 Å². The first-order valence-electron chi connectivity index (χ1n) is 6.31. The minimum Gasteiger partial charge on any atom is -0.489 e. The van der Waals surface area contributed by atoms with E-state index >= 15 is 0 Å². The van der Waals surface area contributed by atoms with Gasteiger partial charge in [0, 0.05) is 5.92 Å². The van der Waals surface area contributed by atoms with Gasteiger partial charge in [-0.15, -0.1) is 0 Å². The molecule has 1 aliphatic rings. The number of hydrogen-bond donors (Lipinski definition) is 1. The number of hydrogen-bond acceptors (Lipinski definition) is 3. The van der Waals surface area contributed by atoms with Gasteiger partial charge in [0.05, 0.1) is 5.02 Å². The highest BCUT2D eigenvalue weighted by Crippen LogP contribution is 2.31. The quantitative estimate of drug-likeness (QED) is 0.913. The monoisotopic (exact) mass is 264 g/mol. The Morgan fingerprint density at radius 3 is 2.89 bits per heavy atom. The van der Waals surface area contributed by atoms with Crippen molar-refractivity contribution in [1.82, 2.24) is 0 Å². The minimum absolute atomic E-state index is 0.106. The van der Waals surface area contributed by atoms with Gasteiger partial charge in [0.1, 0.15) is 23.5 Å². The van der Waals surface area contributed by atoms with Crippen molar-refractivity contribution in [3.8, 4) is 11.8 Å². The number of nitrogens with zero attached hydrogens (tertiary/aromatic N) is 1. The first kappa shape index (κ1) is 13.2. The lowest BCUT2D eigenvalue weighted by Gasteiger charge is -2.31. The second-order valence-corrected chi connectivity index (χ2v) is 5.07. The standard InChI is InChI=1S/C14H17ClN2O/c15-12-5-3-7-14(11(12)9-17)18-13-6-2-1-4-10(13)8-16/h3,5,7,10,13H,1-2,4,6,8,16H2. The maximum atomic E-state index is 9.11. The number of benzene rings is 1. The number of ether oxygens (including phenoxy) is 1. The van der Waals surface area contributed by atoms with Crippen molar-refractivity contribution >= 4 is 11.6 Å². The fourth-order valence-corrected chi connectivity index (χ4v) is 2.68. The maximum Gasteiger partial charge on any atom is 0.139 e. The largest absolute Gasteiger partial charge is 0.489 e. The Labute approximate surface area is 112 Å². The second kappa shape index (κ2) is 6.08. The lowest BCUT2D eigenvalue weighted by Crippen LogP contribution is -2.35. The number of nitriles is 1. The van der Waals surface area contributed by atoms with Crippen LogP contribution in [0, 0.1) is 17.2 Å². The van der Waals surface area contributed by atoms with Crippen molar-refractivity contribution in [1.29, 1.82) is 5.26 Å². The third kappa shape index (κ3) is 2.77. The number of rotatable bonds is 3. The van der Waals surface area contributed by atoms with Crippen LogP contribution in [0.2, 0.25) is 5.02 Å². The zero-order valence-corrected chi connectivity index (χ0v) is 11.0. The Morgan fingerprint density at radius 1 is 1.39 bits per heavy atom. The van der Waals surface area contributed by atoms with E-state index in [9.17, 15) is 0 Å².